The van der Waals surface area contributed by atoms with Crippen molar-refractivity contribution in [3.05, 3.63) is 111 Å². The summed E-state index contributed by atoms with van der Waals surface area (Å²) >= 11 is 0. The van der Waals surface area contributed by atoms with Crippen molar-refractivity contribution in [1.82, 2.24) is 157 Å². The number of nitrogens with zero attached hydrogens (tertiary/aromatic N) is 44. The predicted octanol–water partition coefficient (Wildman–Crippen LogP) is 3.88. The monoisotopic (exact) mass is 1870 g/mol. The fourth-order valence-corrected chi connectivity index (χ4v) is 12.2. The first-order valence-corrected chi connectivity index (χ1v) is 38.6. The standard InChI is InChI=1S/C24H27N17O5.C24H26N16O5.C23H25N17O5/c1-10-15(32-34-19-12(14(43)9-42)7-27-38(19)3)17(25)40(36-10)22-29-23(31-24(30-22)46-6)41-18(26)16(11(2)37-41)33-35-20-13(21(44)45-5)8-28-39(20)4;1-10-17(31-33-21-12(14(42)9-41)7-27-37(21)3)19(25)39(35-10)15-6-16(30-24(44)29-15)40-20(26)18(11(2)36-40)32-34-22-13(23(43)45-5)8-28-38(22)4;1-9-14(31-33-18-11(13(42)8-41)6-26-37(18)3)16(24)39(35-9)21-28-22(30-23(44)29-21)40-17(25)15(10(2)36-40)32-34-19-12(20(43)45-5)7-27-38(19)4/h7-8,42H,9,25-26H2,1-6H3;6-8,41H,9,25-26H2,1-5H3,(H,29,30,44);6-7,41H,8,24-25H2,1-5H3,(H,28,29,30,44). The number of carbonyl (C=O) groups excluding carboxylic acids is 6. The minimum atomic E-state index is -0.732. The molecule has 0 bridgehead atoms. The lowest BCUT2D eigenvalue weighted by molar-refractivity contribution is 0.0592. The van der Waals surface area contributed by atoms with E-state index < -0.39 is 67.1 Å². The first-order chi connectivity index (χ1) is 64.9. The van der Waals surface area contributed by atoms with Gasteiger partial charge in [0.05, 0.1) is 116 Å². The summed E-state index contributed by atoms with van der Waals surface area (Å²) in [4.78, 5) is 105. The molecule has 17 N–H and O–H groups in total. The third-order valence-corrected chi connectivity index (χ3v) is 19.1. The largest absolute Gasteiger partial charge is 0.479 e. The summed E-state index contributed by atoms with van der Waals surface area (Å²) < 4.78 is 34.5. The number of esters is 3. The first-order valence-electron chi connectivity index (χ1n) is 38.6. The summed E-state index contributed by atoms with van der Waals surface area (Å²) in [6.07, 6.45) is 7.70. The van der Waals surface area contributed by atoms with Crippen LogP contribution in [-0.4, -0.2) is 266 Å². The summed E-state index contributed by atoms with van der Waals surface area (Å²) in [6, 6.07) is -0.0659. The number of aryl methyl sites for hydroxylation is 12. The van der Waals surface area contributed by atoms with Gasteiger partial charge >= 0.3 is 35.9 Å². The van der Waals surface area contributed by atoms with E-state index in [-0.39, 0.29) is 179 Å². The molecule has 0 radical (unpaired) electrons. The normalized spacial score (nSPS) is 11.7. The smallest absolute Gasteiger partial charge is 0.343 e. The highest BCUT2D eigenvalue weighted by Gasteiger charge is 2.30. The van der Waals surface area contributed by atoms with Gasteiger partial charge in [-0.25, -0.2) is 42.5 Å². The molecule has 0 spiro atoms. The summed E-state index contributed by atoms with van der Waals surface area (Å²) in [7, 11) is 14.5. The lowest BCUT2D eigenvalue weighted by Crippen LogP contribution is -2.14. The van der Waals surface area contributed by atoms with Crippen LogP contribution < -0.4 is 39.1 Å². The van der Waals surface area contributed by atoms with E-state index in [9.17, 15) is 54.3 Å². The quantitative estimate of drug-likeness (QED) is 0.0143. The Morgan fingerprint density at radius 2 is 0.507 bits per heavy atom. The van der Waals surface area contributed by atoms with Crippen molar-refractivity contribution in [1.29, 1.82) is 0 Å². The van der Waals surface area contributed by atoms with Crippen LogP contribution in [0.1, 0.15) is 96.3 Å². The molecule has 0 saturated carbocycles. The Kier molecular flexibility index (Phi) is 27.0. The Labute approximate surface area is 759 Å². The zero-order chi connectivity index (χ0) is 98.4. The SMILES string of the molecule is COC(=O)c1cnn(C)c1N=Nc1c(C)nn(-c2cc(-n3nc(C)c(N=Nc4c(C(=O)CO)cnn4C)c3N)nc(O)n2)c1N.COC(=O)c1cnn(C)c1N=Nc1c(C)nn(-c2nc(O)nc(-n3nc(C)c(N=Nc4c(C(=O)CO)cnn4C)c3N)n2)c1N.COC(=O)c1cnn(C)c1N=Nc1c(C)nn(-c2nc(OC)nc(-n3nc(C)c(N=Nc4c(C(=O)CO)cnn4C)c3N)n2)c1N. The molecule has 0 aliphatic rings. The predicted molar refractivity (Wildman–Crippen MR) is 462 cm³/mol. The third-order valence-electron chi connectivity index (χ3n) is 19.1. The maximum absolute atomic E-state index is 12.1. The van der Waals surface area contributed by atoms with Crippen LogP contribution in [0.2, 0.25) is 0 Å². The molecular weight excluding hydrogens is 1790 g/mol. The van der Waals surface area contributed by atoms with Crippen molar-refractivity contribution in [3.8, 4) is 53.5 Å². The van der Waals surface area contributed by atoms with Gasteiger partial charge in [-0.3, -0.25) is 14.4 Å². The number of Topliss-reactive ketones (excluding diaryl/α,β-unsaturated/α-hetero) is 3. The van der Waals surface area contributed by atoms with E-state index in [1.807, 2.05) is 0 Å². The fourth-order valence-electron chi connectivity index (χ4n) is 12.2. The number of hydrogen-bond donors (Lipinski definition) is 11. The number of anilines is 6. The van der Waals surface area contributed by atoms with E-state index in [2.05, 4.69) is 162 Å². The molecule has 0 fully saturated rings. The topological polar surface area (TPSA) is 862 Å². The van der Waals surface area contributed by atoms with Crippen LogP contribution in [0.3, 0.4) is 0 Å². The second-order valence-electron chi connectivity index (χ2n) is 27.9. The van der Waals surface area contributed by atoms with Gasteiger partial charge in [0.2, 0.25) is 0 Å². The highest BCUT2D eigenvalue weighted by molar-refractivity contribution is 6.02. The van der Waals surface area contributed by atoms with Crippen LogP contribution in [0.15, 0.2) is 105 Å². The number of nitrogen functional groups attached to an aromatic ring is 6. The molecule has 0 atom stereocenters. The molecular formula is C71H78N50O15. The number of ether oxygens (including phenoxy) is 4. The lowest BCUT2D eigenvalue weighted by Gasteiger charge is -2.08. The summed E-state index contributed by atoms with van der Waals surface area (Å²) in [5, 5.41) is 148. The molecule has 15 heterocycles. The van der Waals surface area contributed by atoms with Crippen LogP contribution in [0.25, 0.3) is 35.4 Å². The molecule has 0 aliphatic carbocycles. The zero-order valence-corrected chi connectivity index (χ0v) is 74.1. The average Bonchev–Trinajstić information content (AvgIpc) is 1.66. The first kappa shape index (κ1) is 94.3. The van der Waals surface area contributed by atoms with Crippen LogP contribution in [0.5, 0.6) is 18.0 Å². The molecule has 15 aromatic heterocycles. The van der Waals surface area contributed by atoms with Crippen LogP contribution >= 0.6 is 0 Å². The number of aromatic nitrogens is 32. The Balaban J connectivity index is 0.000000173. The Morgan fingerprint density at radius 3 is 0.735 bits per heavy atom. The molecule has 15 aromatic rings. The third kappa shape index (κ3) is 18.6. The Bertz CT molecular complexity index is 6720. The number of hydrogen-bond acceptors (Lipinski definition) is 53. The van der Waals surface area contributed by atoms with Crippen molar-refractivity contribution >= 4 is 139 Å². The lowest BCUT2D eigenvalue weighted by atomic mass is 10.2. The molecule has 0 aliphatic heterocycles. The molecule has 65 heteroatoms. The molecule has 15 rings (SSSR count). The van der Waals surface area contributed by atoms with Crippen LogP contribution in [0.4, 0.5) is 104 Å². The maximum atomic E-state index is 12.1. The minimum absolute atomic E-state index is 0.00519. The van der Waals surface area contributed by atoms with Gasteiger partial charge in [-0.2, -0.15) is 129 Å². The number of nitrogens with two attached hydrogens (primary N) is 6. The van der Waals surface area contributed by atoms with Gasteiger partial charge in [0.15, 0.2) is 133 Å². The van der Waals surface area contributed by atoms with Gasteiger partial charge in [0.1, 0.15) is 36.5 Å². The number of rotatable bonds is 28. The van der Waals surface area contributed by atoms with Crippen molar-refractivity contribution in [2.45, 2.75) is 41.5 Å². The zero-order valence-electron chi connectivity index (χ0n) is 74.1. The molecule has 0 aromatic carbocycles. The summed E-state index contributed by atoms with van der Waals surface area (Å²) in [6.45, 7) is 7.52. The number of carbonyl (C=O) groups is 6. The molecule has 0 amide bonds. The van der Waals surface area contributed by atoms with Crippen molar-refractivity contribution < 1.29 is 73.2 Å². The maximum Gasteiger partial charge on any atom is 0.343 e. The fraction of sp³-hybridized carbons (Fsp3) is 0.268. The summed E-state index contributed by atoms with van der Waals surface area (Å²) in [5.74, 6) is -3.63. The van der Waals surface area contributed by atoms with Crippen molar-refractivity contribution in [2.75, 3.05) is 82.7 Å². The van der Waals surface area contributed by atoms with Crippen molar-refractivity contribution in [3.63, 3.8) is 0 Å². The van der Waals surface area contributed by atoms with Gasteiger partial charge in [0.25, 0.3) is 23.8 Å². The Morgan fingerprint density at radius 1 is 0.301 bits per heavy atom. The van der Waals surface area contributed by atoms with Gasteiger partial charge < -0.3 is 78.9 Å². The Hall–Kier alpha value is -19.3. The van der Waals surface area contributed by atoms with E-state index in [1.165, 1.54) is 119 Å². The van der Waals surface area contributed by atoms with Crippen molar-refractivity contribution in [2.24, 2.45) is 104 Å². The number of methoxy groups -OCH3 is 4. The van der Waals surface area contributed by atoms with E-state index in [0.717, 1.165) is 9.36 Å². The molecule has 65 nitrogen and oxygen atoms in total. The molecule has 0 unspecified atom stereocenters. The van der Waals surface area contributed by atoms with Gasteiger partial charge in [-0.1, -0.05) is 0 Å². The van der Waals surface area contributed by atoms with E-state index in [4.69, 9.17) is 53.3 Å². The highest BCUT2D eigenvalue weighted by atomic mass is 16.5. The highest BCUT2D eigenvalue weighted by Crippen LogP contribution is 2.40. The average molecular weight is 1870 g/mol. The summed E-state index contributed by atoms with van der Waals surface area (Å²) in [5.41, 5.74) is 41.5. The number of aliphatic hydroxyl groups excluding tert-OH is 3. The van der Waals surface area contributed by atoms with Gasteiger partial charge in [0, 0.05) is 48.4 Å². The second kappa shape index (κ2) is 39.0. The van der Waals surface area contributed by atoms with Crippen LogP contribution in [-0.2, 0) is 56.5 Å². The number of azo groups is 6. The van der Waals surface area contributed by atoms with E-state index in [0.29, 0.717) is 34.2 Å². The number of aliphatic hydroxyl groups is 3. The number of aromatic hydroxyl groups is 2. The molecule has 702 valence electrons. The van der Waals surface area contributed by atoms with Gasteiger partial charge in [-0.15, -0.1) is 61.4 Å². The molecule has 136 heavy (non-hydrogen) atoms. The second-order valence-corrected chi connectivity index (χ2v) is 27.9. The number of ketones is 3. The van der Waals surface area contributed by atoms with E-state index >= 15 is 0 Å². The molecule has 0 saturated heterocycles. The van der Waals surface area contributed by atoms with Gasteiger partial charge in [-0.05, 0) is 41.5 Å². The van der Waals surface area contributed by atoms with E-state index in [1.54, 1.807) is 83.8 Å². The minimum Gasteiger partial charge on any atom is -0.479 e. The van der Waals surface area contributed by atoms with Crippen LogP contribution in [0, 0.1) is 41.5 Å².